The summed E-state index contributed by atoms with van der Waals surface area (Å²) in [5, 5.41) is 3.34. The van der Waals surface area contributed by atoms with E-state index < -0.39 is 18.6 Å². The van der Waals surface area contributed by atoms with Gasteiger partial charge in [-0.2, -0.15) is 27.1 Å². The van der Waals surface area contributed by atoms with Crippen molar-refractivity contribution in [3.63, 3.8) is 0 Å². The molecule has 0 radical (unpaired) electrons. The van der Waals surface area contributed by atoms with Gasteiger partial charge in [-0.3, -0.25) is 4.68 Å². The van der Waals surface area contributed by atoms with Crippen LogP contribution in [-0.4, -0.2) is 21.9 Å². The van der Waals surface area contributed by atoms with Crippen LogP contribution >= 0.6 is 22.6 Å². The first-order chi connectivity index (χ1) is 6.22. The monoisotopic (exact) mass is 326 g/mol. The highest BCUT2D eigenvalue weighted by molar-refractivity contribution is 14.1. The Morgan fingerprint density at radius 3 is 2.21 bits per heavy atom. The van der Waals surface area contributed by atoms with Crippen LogP contribution in [0.4, 0.5) is 22.0 Å². The van der Waals surface area contributed by atoms with Crippen molar-refractivity contribution in [1.29, 1.82) is 0 Å². The molecule has 0 saturated carbocycles. The van der Waals surface area contributed by atoms with Gasteiger partial charge in [0, 0.05) is 6.20 Å². The number of hydrogen-bond acceptors (Lipinski definition) is 1. The highest BCUT2D eigenvalue weighted by atomic mass is 127. The molecule has 0 aliphatic rings. The minimum atomic E-state index is -5.54. The van der Waals surface area contributed by atoms with E-state index in [1.165, 1.54) is 6.20 Å². The second-order valence-electron chi connectivity index (χ2n) is 2.56. The van der Waals surface area contributed by atoms with Crippen molar-refractivity contribution >= 4 is 22.6 Å². The van der Waals surface area contributed by atoms with Crippen LogP contribution in [0.1, 0.15) is 0 Å². The summed E-state index contributed by atoms with van der Waals surface area (Å²) in [4.78, 5) is 0. The van der Waals surface area contributed by atoms with Crippen molar-refractivity contribution in [3.8, 4) is 0 Å². The van der Waals surface area contributed by atoms with Gasteiger partial charge in [0.1, 0.15) is 6.54 Å². The fraction of sp³-hybridized carbons (Fsp3) is 0.500. The first-order valence-corrected chi connectivity index (χ1v) is 4.43. The summed E-state index contributed by atoms with van der Waals surface area (Å²) in [6, 6.07) is 0. The predicted molar refractivity (Wildman–Crippen MR) is 45.9 cm³/mol. The van der Waals surface area contributed by atoms with E-state index in [0.29, 0.717) is 8.25 Å². The molecule has 0 aliphatic heterocycles. The maximum atomic E-state index is 12.4. The van der Waals surface area contributed by atoms with Crippen LogP contribution in [0, 0.1) is 3.57 Å². The second kappa shape index (κ2) is 3.63. The Balaban J connectivity index is 2.78. The number of nitrogens with zero attached hydrogens (tertiary/aromatic N) is 2. The number of halogens is 6. The van der Waals surface area contributed by atoms with Crippen LogP contribution in [0.15, 0.2) is 12.4 Å². The molecule has 1 heterocycles. The molecule has 0 aliphatic carbocycles. The lowest BCUT2D eigenvalue weighted by Crippen LogP contribution is -2.40. The van der Waals surface area contributed by atoms with Gasteiger partial charge in [-0.15, -0.1) is 0 Å². The van der Waals surface area contributed by atoms with Crippen LogP contribution < -0.4 is 0 Å². The molecule has 80 valence electrons. The van der Waals surface area contributed by atoms with Crippen LogP contribution in [0.3, 0.4) is 0 Å². The van der Waals surface area contributed by atoms with E-state index in [2.05, 4.69) is 5.10 Å². The van der Waals surface area contributed by atoms with E-state index in [1.807, 2.05) is 0 Å². The molecule has 14 heavy (non-hydrogen) atoms. The molecule has 0 unspecified atom stereocenters. The van der Waals surface area contributed by atoms with E-state index in [-0.39, 0.29) is 0 Å². The van der Waals surface area contributed by atoms with Crippen LogP contribution in [0.5, 0.6) is 0 Å². The van der Waals surface area contributed by atoms with Gasteiger partial charge in [0.15, 0.2) is 0 Å². The van der Waals surface area contributed by atoms with Gasteiger partial charge in [0.25, 0.3) is 0 Å². The lowest BCUT2D eigenvalue weighted by atomic mass is 10.3. The topological polar surface area (TPSA) is 17.8 Å². The SMILES string of the molecule is FC(F)(F)C(F)(F)Cn1cc(I)cn1. The normalized spacial score (nSPS) is 13.3. The van der Waals surface area contributed by atoms with E-state index in [4.69, 9.17) is 0 Å². The molecular formula is C6H4F5IN2. The fourth-order valence-corrected chi connectivity index (χ4v) is 1.16. The van der Waals surface area contributed by atoms with Crippen molar-refractivity contribution in [1.82, 2.24) is 9.78 Å². The Morgan fingerprint density at radius 1 is 1.29 bits per heavy atom. The zero-order valence-electron chi connectivity index (χ0n) is 6.52. The molecule has 0 atom stereocenters. The Morgan fingerprint density at radius 2 is 1.86 bits per heavy atom. The van der Waals surface area contributed by atoms with Crippen molar-refractivity contribution in [3.05, 3.63) is 16.0 Å². The van der Waals surface area contributed by atoms with E-state index in [0.717, 1.165) is 6.20 Å². The number of aromatic nitrogens is 2. The lowest BCUT2D eigenvalue weighted by molar-refractivity contribution is -0.287. The predicted octanol–water partition coefficient (Wildman–Crippen LogP) is 2.69. The van der Waals surface area contributed by atoms with Gasteiger partial charge in [0.05, 0.1) is 9.77 Å². The minimum absolute atomic E-state index is 0.501. The van der Waals surface area contributed by atoms with Gasteiger partial charge in [-0.25, -0.2) is 0 Å². The second-order valence-corrected chi connectivity index (χ2v) is 3.80. The molecule has 0 fully saturated rings. The molecule has 0 saturated heterocycles. The maximum Gasteiger partial charge on any atom is 0.455 e. The van der Waals surface area contributed by atoms with Crippen LogP contribution in [-0.2, 0) is 6.54 Å². The molecule has 0 aromatic carbocycles. The molecule has 1 rings (SSSR count). The zero-order valence-corrected chi connectivity index (χ0v) is 8.68. The van der Waals surface area contributed by atoms with E-state index in [1.54, 1.807) is 22.6 Å². The highest BCUT2D eigenvalue weighted by Crippen LogP contribution is 2.36. The Kier molecular flexibility index (Phi) is 3.02. The van der Waals surface area contributed by atoms with Gasteiger partial charge in [-0.05, 0) is 22.6 Å². The summed E-state index contributed by atoms with van der Waals surface area (Å²) in [5.74, 6) is -4.75. The Labute approximate surface area is 89.2 Å². The lowest BCUT2D eigenvalue weighted by Gasteiger charge is -2.19. The van der Waals surface area contributed by atoms with Crippen LogP contribution in [0.2, 0.25) is 0 Å². The molecule has 8 heteroatoms. The van der Waals surface area contributed by atoms with Gasteiger partial charge >= 0.3 is 12.1 Å². The van der Waals surface area contributed by atoms with Crippen molar-refractivity contribution in [2.24, 2.45) is 0 Å². The molecule has 0 bridgehead atoms. The zero-order chi connectivity index (χ0) is 11.0. The molecule has 0 amide bonds. The first-order valence-electron chi connectivity index (χ1n) is 3.35. The average Bonchev–Trinajstić information content (AvgIpc) is 2.31. The quantitative estimate of drug-likeness (QED) is 0.604. The van der Waals surface area contributed by atoms with E-state index >= 15 is 0 Å². The highest BCUT2D eigenvalue weighted by Gasteiger charge is 2.57. The summed E-state index contributed by atoms with van der Waals surface area (Å²) >= 11 is 1.76. The molecule has 1 aromatic rings. The van der Waals surface area contributed by atoms with Crippen LogP contribution in [0.25, 0.3) is 0 Å². The van der Waals surface area contributed by atoms with Crippen molar-refractivity contribution in [2.45, 2.75) is 18.6 Å². The molecule has 0 N–H and O–H groups in total. The smallest absolute Gasteiger partial charge is 0.265 e. The summed E-state index contributed by atoms with van der Waals surface area (Å²) in [6.07, 6.45) is -3.22. The molecule has 1 aromatic heterocycles. The van der Waals surface area contributed by atoms with Gasteiger partial charge in [0.2, 0.25) is 0 Å². The number of hydrogen-bond donors (Lipinski definition) is 0. The molecule has 0 spiro atoms. The Hall–Kier alpha value is -0.410. The third kappa shape index (κ3) is 2.55. The van der Waals surface area contributed by atoms with Crippen molar-refractivity contribution in [2.75, 3.05) is 0 Å². The third-order valence-corrected chi connectivity index (χ3v) is 1.93. The van der Waals surface area contributed by atoms with E-state index in [9.17, 15) is 22.0 Å². The summed E-state index contributed by atoms with van der Waals surface area (Å²) in [5.41, 5.74) is 0. The summed E-state index contributed by atoms with van der Waals surface area (Å²) < 4.78 is 61.1. The maximum absolute atomic E-state index is 12.4. The minimum Gasteiger partial charge on any atom is -0.265 e. The fourth-order valence-electron chi connectivity index (χ4n) is 0.718. The molecule has 2 nitrogen and oxygen atoms in total. The Bertz CT molecular complexity index is 318. The van der Waals surface area contributed by atoms with Crippen molar-refractivity contribution < 1.29 is 22.0 Å². The number of rotatable bonds is 2. The van der Waals surface area contributed by atoms with Gasteiger partial charge < -0.3 is 0 Å². The summed E-state index contributed by atoms with van der Waals surface area (Å²) in [7, 11) is 0. The standard InChI is InChI=1S/C6H4F5IN2/c7-5(8,6(9,10)11)3-14-2-4(12)1-13-14/h1-2H,3H2. The molecular weight excluding hydrogens is 322 g/mol. The van der Waals surface area contributed by atoms with Gasteiger partial charge in [-0.1, -0.05) is 0 Å². The third-order valence-electron chi connectivity index (χ3n) is 1.38. The summed E-state index contributed by atoms with van der Waals surface area (Å²) in [6.45, 7) is -1.49. The first kappa shape index (κ1) is 11.7. The average molecular weight is 326 g/mol. The number of alkyl halides is 5. The largest absolute Gasteiger partial charge is 0.455 e.